The van der Waals surface area contributed by atoms with Gasteiger partial charge in [-0.1, -0.05) is 57.9 Å². The van der Waals surface area contributed by atoms with E-state index in [2.05, 4.69) is 79.2 Å². The van der Waals surface area contributed by atoms with Gasteiger partial charge in [0.05, 0.1) is 4.83 Å². The summed E-state index contributed by atoms with van der Waals surface area (Å²) in [7, 11) is 0. The highest BCUT2D eigenvalue weighted by molar-refractivity contribution is 9.09. The summed E-state index contributed by atoms with van der Waals surface area (Å²) in [4.78, 5) is 0.233. The van der Waals surface area contributed by atoms with Crippen molar-refractivity contribution in [2.75, 3.05) is 0 Å². The number of fused-ring (bicyclic) bond motifs is 1. The van der Waals surface area contributed by atoms with E-state index in [1.165, 1.54) is 22.3 Å². The van der Waals surface area contributed by atoms with Crippen LogP contribution < -0.4 is 4.74 Å². The van der Waals surface area contributed by atoms with Gasteiger partial charge in [-0.15, -0.1) is 0 Å². The number of alkyl halides is 1. The summed E-state index contributed by atoms with van der Waals surface area (Å²) in [5, 5.41) is 0. The molecule has 0 bridgehead atoms. The predicted octanol–water partition coefficient (Wildman–Crippen LogP) is 5.19. The summed E-state index contributed by atoms with van der Waals surface area (Å²) in [6, 6.07) is 15.2. The molecule has 104 valence electrons. The van der Waals surface area contributed by atoms with Gasteiger partial charge in [0.2, 0.25) is 0 Å². The summed E-state index contributed by atoms with van der Waals surface area (Å²) in [5.41, 5.74) is 5.09. The third-order valence-electron chi connectivity index (χ3n) is 3.75. The van der Waals surface area contributed by atoms with Gasteiger partial charge in [0.25, 0.3) is 0 Å². The lowest BCUT2D eigenvalue weighted by Crippen LogP contribution is -2.24. The van der Waals surface area contributed by atoms with Crippen LogP contribution in [-0.4, -0.2) is 5.60 Å². The van der Waals surface area contributed by atoms with E-state index in [1.54, 1.807) is 0 Å². The Bertz CT molecular complexity index is 628. The van der Waals surface area contributed by atoms with Crippen LogP contribution in [0.15, 0.2) is 42.5 Å². The maximum Gasteiger partial charge on any atom is 0.123 e. The highest BCUT2D eigenvalue weighted by Gasteiger charge is 2.30. The van der Waals surface area contributed by atoms with Crippen LogP contribution in [0.25, 0.3) is 0 Å². The summed E-state index contributed by atoms with van der Waals surface area (Å²) >= 11 is 3.81. The molecule has 0 N–H and O–H groups in total. The Balaban J connectivity index is 1.90. The monoisotopic (exact) mass is 330 g/mol. The topological polar surface area (TPSA) is 9.23 Å². The first-order chi connectivity index (χ1) is 9.44. The normalized spacial score (nSPS) is 17.4. The second-order valence-electron chi connectivity index (χ2n) is 6.18. The number of rotatable bonds is 2. The van der Waals surface area contributed by atoms with E-state index in [-0.39, 0.29) is 10.4 Å². The van der Waals surface area contributed by atoms with Crippen molar-refractivity contribution in [3.8, 4) is 5.75 Å². The van der Waals surface area contributed by atoms with Gasteiger partial charge in [-0.05, 0) is 43.5 Å². The zero-order chi connectivity index (χ0) is 14.3. The minimum Gasteiger partial charge on any atom is -0.487 e. The van der Waals surface area contributed by atoms with Crippen LogP contribution in [0.3, 0.4) is 0 Å². The molecule has 3 rings (SSSR count). The fourth-order valence-corrected chi connectivity index (χ4v) is 3.31. The smallest absolute Gasteiger partial charge is 0.123 e. The minimum absolute atomic E-state index is 0.0768. The highest BCUT2D eigenvalue weighted by atomic mass is 79.9. The van der Waals surface area contributed by atoms with Gasteiger partial charge in [0.15, 0.2) is 0 Å². The average Bonchev–Trinajstić information content (AvgIpc) is 2.71. The molecule has 0 amide bonds. The Kier molecular flexibility index (Phi) is 3.37. The zero-order valence-electron chi connectivity index (χ0n) is 12.1. The van der Waals surface area contributed by atoms with Gasteiger partial charge < -0.3 is 4.74 Å². The van der Waals surface area contributed by atoms with E-state index in [0.717, 1.165) is 12.2 Å². The molecule has 0 aliphatic carbocycles. The Labute approximate surface area is 129 Å². The molecule has 0 aromatic heterocycles. The van der Waals surface area contributed by atoms with Crippen molar-refractivity contribution in [1.82, 2.24) is 0 Å². The largest absolute Gasteiger partial charge is 0.487 e. The van der Waals surface area contributed by atoms with Gasteiger partial charge in [-0.25, -0.2) is 0 Å². The standard InChI is InChI=1S/C18H19BrO/c1-12-4-6-13(7-5-12)17(19)14-8-9-16-15(10-14)11-18(2,3)20-16/h4-10,17H,11H2,1-3H3. The lowest BCUT2D eigenvalue weighted by Gasteiger charge is -2.16. The van der Waals surface area contributed by atoms with Crippen LogP contribution in [0, 0.1) is 6.92 Å². The molecule has 1 aliphatic heterocycles. The summed E-state index contributed by atoms with van der Waals surface area (Å²) in [6.07, 6.45) is 0.976. The molecule has 2 heteroatoms. The quantitative estimate of drug-likeness (QED) is 0.688. The first-order valence-corrected chi connectivity index (χ1v) is 7.89. The average molecular weight is 331 g/mol. The molecule has 0 fully saturated rings. The number of halogens is 1. The van der Waals surface area contributed by atoms with Crippen molar-refractivity contribution in [1.29, 1.82) is 0 Å². The van der Waals surface area contributed by atoms with E-state index >= 15 is 0 Å². The van der Waals surface area contributed by atoms with Gasteiger partial charge in [-0.3, -0.25) is 0 Å². The molecule has 2 aromatic rings. The molecule has 0 spiro atoms. The Hall–Kier alpha value is -1.28. The van der Waals surface area contributed by atoms with Crippen molar-refractivity contribution in [2.24, 2.45) is 0 Å². The Morgan fingerprint density at radius 1 is 1.05 bits per heavy atom. The molecule has 1 aliphatic rings. The van der Waals surface area contributed by atoms with Gasteiger partial charge in [0.1, 0.15) is 11.4 Å². The fourth-order valence-electron chi connectivity index (χ4n) is 2.72. The third-order valence-corrected chi connectivity index (χ3v) is 4.81. The van der Waals surface area contributed by atoms with Crippen molar-refractivity contribution in [2.45, 2.75) is 37.6 Å². The van der Waals surface area contributed by atoms with E-state index in [1.807, 2.05) is 0 Å². The number of hydrogen-bond donors (Lipinski definition) is 0. The Morgan fingerprint density at radius 2 is 1.70 bits per heavy atom. The maximum absolute atomic E-state index is 5.94. The van der Waals surface area contributed by atoms with Crippen LogP contribution in [0.1, 0.15) is 40.9 Å². The van der Waals surface area contributed by atoms with E-state index < -0.39 is 0 Å². The SMILES string of the molecule is Cc1ccc(C(Br)c2ccc3c(c2)CC(C)(C)O3)cc1. The molecule has 0 saturated carbocycles. The molecule has 0 radical (unpaired) electrons. The van der Waals surface area contributed by atoms with Crippen LogP contribution in [-0.2, 0) is 6.42 Å². The van der Waals surface area contributed by atoms with Gasteiger partial charge >= 0.3 is 0 Å². The fraction of sp³-hybridized carbons (Fsp3) is 0.333. The summed E-state index contributed by atoms with van der Waals surface area (Å²) in [5.74, 6) is 1.03. The second kappa shape index (κ2) is 4.92. The second-order valence-corrected chi connectivity index (χ2v) is 7.09. The predicted molar refractivity (Wildman–Crippen MR) is 86.8 cm³/mol. The van der Waals surface area contributed by atoms with Gasteiger partial charge in [-0.2, -0.15) is 0 Å². The molecular formula is C18H19BrO. The lowest BCUT2D eigenvalue weighted by molar-refractivity contribution is 0.138. The molecule has 0 saturated heterocycles. The highest BCUT2D eigenvalue weighted by Crippen LogP contribution is 2.39. The zero-order valence-corrected chi connectivity index (χ0v) is 13.7. The van der Waals surface area contributed by atoms with E-state index in [0.29, 0.717) is 0 Å². The molecule has 1 atom stereocenters. The molecule has 2 aromatic carbocycles. The Morgan fingerprint density at radius 3 is 2.40 bits per heavy atom. The number of benzene rings is 2. The first-order valence-electron chi connectivity index (χ1n) is 6.97. The van der Waals surface area contributed by atoms with Crippen LogP contribution in [0.4, 0.5) is 0 Å². The van der Waals surface area contributed by atoms with E-state index in [4.69, 9.17) is 4.74 Å². The molecule has 20 heavy (non-hydrogen) atoms. The summed E-state index contributed by atoms with van der Waals surface area (Å²) in [6.45, 7) is 6.39. The third kappa shape index (κ3) is 2.62. The molecule has 1 unspecified atom stereocenters. The molecular weight excluding hydrogens is 312 g/mol. The van der Waals surface area contributed by atoms with Crippen LogP contribution >= 0.6 is 15.9 Å². The lowest BCUT2D eigenvalue weighted by atomic mass is 9.97. The van der Waals surface area contributed by atoms with E-state index in [9.17, 15) is 0 Å². The number of hydrogen-bond acceptors (Lipinski definition) is 1. The maximum atomic E-state index is 5.94. The van der Waals surface area contributed by atoms with Crippen LogP contribution in [0.2, 0.25) is 0 Å². The summed E-state index contributed by atoms with van der Waals surface area (Å²) < 4.78 is 5.94. The van der Waals surface area contributed by atoms with Gasteiger partial charge in [0, 0.05) is 6.42 Å². The first kappa shape index (κ1) is 13.7. The van der Waals surface area contributed by atoms with Crippen LogP contribution in [0.5, 0.6) is 5.75 Å². The molecule has 1 heterocycles. The number of ether oxygens (including phenoxy) is 1. The van der Waals surface area contributed by atoms with Crippen molar-refractivity contribution < 1.29 is 4.74 Å². The van der Waals surface area contributed by atoms with Crippen molar-refractivity contribution in [3.63, 3.8) is 0 Å². The van der Waals surface area contributed by atoms with Crippen molar-refractivity contribution in [3.05, 3.63) is 64.7 Å². The minimum atomic E-state index is -0.0768. The van der Waals surface area contributed by atoms with Crippen molar-refractivity contribution >= 4 is 15.9 Å². The number of aryl methyl sites for hydroxylation is 1. The molecule has 1 nitrogen and oxygen atoms in total.